The van der Waals surface area contributed by atoms with Crippen molar-refractivity contribution in [1.82, 2.24) is 14.5 Å². The molecule has 3 aromatic rings. The maximum absolute atomic E-state index is 12.1. The van der Waals surface area contributed by atoms with E-state index in [2.05, 4.69) is 9.97 Å². The minimum Gasteiger partial charge on any atom is -0.385 e. The van der Waals surface area contributed by atoms with Crippen LogP contribution in [0.15, 0.2) is 35.4 Å². The lowest BCUT2D eigenvalue weighted by Gasteiger charge is -2.09. The molecule has 6 heteroatoms. The van der Waals surface area contributed by atoms with Crippen LogP contribution in [0.3, 0.4) is 0 Å². The summed E-state index contributed by atoms with van der Waals surface area (Å²) in [5.74, 6) is 0.314. The third-order valence-corrected chi connectivity index (χ3v) is 3.31. The number of hydrogen-bond acceptors (Lipinski definition) is 4. The summed E-state index contributed by atoms with van der Waals surface area (Å²) in [5.41, 5.74) is 8.44. The number of aromatic nitrogens is 3. The molecule has 0 unspecified atom stereocenters. The number of pyridine rings is 1. The summed E-state index contributed by atoms with van der Waals surface area (Å²) in [6.45, 7) is 0. The summed E-state index contributed by atoms with van der Waals surface area (Å²) in [7, 11) is 1.54. The van der Waals surface area contributed by atoms with Gasteiger partial charge in [-0.15, -0.1) is 0 Å². The Kier molecular flexibility index (Phi) is 2.54. The van der Waals surface area contributed by atoms with Gasteiger partial charge in [0.05, 0.1) is 17.4 Å². The normalized spacial score (nSPS) is 10.6. The predicted molar refractivity (Wildman–Crippen MR) is 75.9 cm³/mol. The molecule has 0 saturated carbocycles. The number of nitrogens with two attached hydrogens (primary N) is 1. The second-order valence-corrected chi connectivity index (χ2v) is 4.47. The van der Waals surface area contributed by atoms with E-state index in [1.165, 1.54) is 4.57 Å². The van der Waals surface area contributed by atoms with Crippen LogP contribution in [0.5, 0.6) is 0 Å². The molecule has 2 aromatic heterocycles. The molecule has 2 heterocycles. The summed E-state index contributed by atoms with van der Waals surface area (Å²) in [5, 5.41) is 9.22. The van der Waals surface area contributed by atoms with Crippen molar-refractivity contribution in [2.24, 2.45) is 7.05 Å². The quantitative estimate of drug-likeness (QED) is 0.694. The monoisotopic (exact) mass is 265 g/mol. The molecule has 0 saturated heterocycles. The van der Waals surface area contributed by atoms with Gasteiger partial charge in [0.25, 0.3) is 5.56 Å². The first-order chi connectivity index (χ1) is 9.61. The van der Waals surface area contributed by atoms with E-state index in [-0.39, 0.29) is 5.56 Å². The summed E-state index contributed by atoms with van der Waals surface area (Å²) in [6.07, 6.45) is 1.60. The van der Waals surface area contributed by atoms with E-state index in [0.717, 1.165) is 16.6 Å². The molecule has 3 rings (SSSR count). The highest BCUT2D eigenvalue weighted by atomic mass is 16.1. The molecule has 0 fully saturated rings. The summed E-state index contributed by atoms with van der Waals surface area (Å²) in [6, 6.07) is 9.09. The highest BCUT2D eigenvalue weighted by molar-refractivity contribution is 5.83. The molecule has 20 heavy (non-hydrogen) atoms. The lowest BCUT2D eigenvalue weighted by Crippen LogP contribution is -2.23. The van der Waals surface area contributed by atoms with Crippen LogP contribution >= 0.6 is 0 Å². The number of benzene rings is 1. The number of anilines is 1. The van der Waals surface area contributed by atoms with Gasteiger partial charge in [-0.3, -0.25) is 9.36 Å². The van der Waals surface area contributed by atoms with Crippen LogP contribution in [-0.4, -0.2) is 14.5 Å². The van der Waals surface area contributed by atoms with Gasteiger partial charge in [0.1, 0.15) is 17.5 Å². The van der Waals surface area contributed by atoms with Gasteiger partial charge in [0, 0.05) is 12.6 Å². The minimum atomic E-state index is -0.396. The lowest BCUT2D eigenvalue weighted by molar-refractivity contribution is 0.871. The number of imidazole rings is 1. The van der Waals surface area contributed by atoms with Crippen molar-refractivity contribution in [2.45, 2.75) is 0 Å². The van der Waals surface area contributed by atoms with Crippen molar-refractivity contribution in [3.63, 3.8) is 0 Å². The van der Waals surface area contributed by atoms with Crippen LogP contribution in [0.25, 0.3) is 22.2 Å². The zero-order chi connectivity index (χ0) is 14.3. The second-order valence-electron chi connectivity index (χ2n) is 4.47. The van der Waals surface area contributed by atoms with E-state index in [1.807, 2.05) is 24.3 Å². The number of nitrogens with zero attached hydrogens (tertiary/aromatic N) is 3. The van der Waals surface area contributed by atoms with Gasteiger partial charge >= 0.3 is 0 Å². The van der Waals surface area contributed by atoms with Crippen LogP contribution in [0.2, 0.25) is 0 Å². The van der Waals surface area contributed by atoms with Crippen molar-refractivity contribution in [2.75, 3.05) is 5.73 Å². The molecule has 6 nitrogen and oxygen atoms in total. The predicted octanol–water partition coefficient (Wildman–Crippen LogP) is 1.38. The van der Waals surface area contributed by atoms with E-state index in [4.69, 9.17) is 5.73 Å². The third-order valence-electron chi connectivity index (χ3n) is 3.31. The Labute approximate surface area is 114 Å². The maximum Gasteiger partial charge on any atom is 0.270 e. The Morgan fingerprint density at radius 1 is 1.40 bits per heavy atom. The van der Waals surface area contributed by atoms with Gasteiger partial charge in [0.15, 0.2) is 0 Å². The van der Waals surface area contributed by atoms with Crippen LogP contribution in [0.4, 0.5) is 5.82 Å². The van der Waals surface area contributed by atoms with E-state index in [9.17, 15) is 10.1 Å². The number of nitrogens with one attached hydrogen (secondary N) is 1. The van der Waals surface area contributed by atoms with E-state index in [0.29, 0.717) is 11.4 Å². The van der Waals surface area contributed by atoms with E-state index >= 15 is 0 Å². The zero-order valence-corrected chi connectivity index (χ0v) is 10.7. The number of H-pyrrole nitrogens is 1. The number of hydrogen-bond donors (Lipinski definition) is 2. The van der Waals surface area contributed by atoms with Crippen molar-refractivity contribution >= 4 is 16.9 Å². The molecular weight excluding hydrogens is 254 g/mol. The summed E-state index contributed by atoms with van der Waals surface area (Å²) < 4.78 is 1.26. The van der Waals surface area contributed by atoms with E-state index in [1.54, 1.807) is 19.4 Å². The molecule has 0 radical (unpaired) electrons. The Morgan fingerprint density at radius 2 is 2.20 bits per heavy atom. The van der Waals surface area contributed by atoms with Crippen LogP contribution in [-0.2, 0) is 7.05 Å². The number of aromatic amines is 1. The van der Waals surface area contributed by atoms with Crippen molar-refractivity contribution < 1.29 is 0 Å². The smallest absolute Gasteiger partial charge is 0.270 e. The molecule has 0 aliphatic heterocycles. The molecule has 0 aliphatic rings. The second kappa shape index (κ2) is 4.24. The van der Waals surface area contributed by atoms with E-state index < -0.39 is 5.56 Å². The Bertz CT molecular complexity index is 913. The van der Waals surface area contributed by atoms with Gasteiger partial charge < -0.3 is 10.7 Å². The van der Waals surface area contributed by atoms with Crippen molar-refractivity contribution in [1.29, 1.82) is 5.26 Å². The fraction of sp³-hybridized carbons (Fsp3) is 0.0714. The lowest BCUT2D eigenvalue weighted by atomic mass is 10.0. The first-order valence-electron chi connectivity index (χ1n) is 5.95. The molecule has 0 amide bonds. The Hall–Kier alpha value is -3.07. The number of rotatable bonds is 1. The average Bonchev–Trinajstić information content (AvgIpc) is 2.91. The topological polar surface area (TPSA) is 100 Å². The van der Waals surface area contributed by atoms with Gasteiger partial charge in [-0.05, 0) is 23.8 Å². The Morgan fingerprint density at radius 3 is 2.95 bits per heavy atom. The molecule has 1 aromatic carbocycles. The van der Waals surface area contributed by atoms with Gasteiger partial charge in [-0.25, -0.2) is 4.98 Å². The number of fused-ring (bicyclic) bond motifs is 1. The molecule has 0 aliphatic carbocycles. The van der Waals surface area contributed by atoms with Crippen LogP contribution < -0.4 is 11.3 Å². The van der Waals surface area contributed by atoms with Gasteiger partial charge in [0.2, 0.25) is 0 Å². The molecular formula is C14H11N5O. The molecule has 98 valence electrons. The highest BCUT2D eigenvalue weighted by Gasteiger charge is 2.13. The van der Waals surface area contributed by atoms with Crippen LogP contribution in [0.1, 0.15) is 5.56 Å². The van der Waals surface area contributed by atoms with Crippen LogP contribution in [0, 0.1) is 11.3 Å². The zero-order valence-electron chi connectivity index (χ0n) is 10.7. The van der Waals surface area contributed by atoms with Crippen molar-refractivity contribution in [3.05, 3.63) is 46.5 Å². The molecule has 0 spiro atoms. The SMILES string of the molecule is Cn1c(N)cc(-c2ccc3nc[nH]c3c2)c(C#N)c1=O. The maximum atomic E-state index is 12.1. The van der Waals surface area contributed by atoms with Gasteiger partial charge in [-0.1, -0.05) is 6.07 Å². The minimum absolute atomic E-state index is 0.0839. The molecule has 3 N–H and O–H groups in total. The van der Waals surface area contributed by atoms with Crippen molar-refractivity contribution in [3.8, 4) is 17.2 Å². The number of nitriles is 1. The average molecular weight is 265 g/mol. The number of nitrogen functional groups attached to an aromatic ring is 1. The summed E-state index contributed by atoms with van der Waals surface area (Å²) in [4.78, 5) is 19.2. The molecule has 0 atom stereocenters. The first kappa shape index (κ1) is 12.0. The summed E-state index contributed by atoms with van der Waals surface area (Å²) >= 11 is 0. The Balaban J connectivity index is 2.34. The molecule has 0 bridgehead atoms. The largest absolute Gasteiger partial charge is 0.385 e. The van der Waals surface area contributed by atoms with Gasteiger partial charge in [-0.2, -0.15) is 5.26 Å². The fourth-order valence-electron chi connectivity index (χ4n) is 2.16. The standard InChI is InChI=1S/C14H11N5O/c1-19-13(16)5-9(10(6-15)14(19)20)8-2-3-11-12(4-8)18-7-17-11/h2-5,7H,16H2,1H3,(H,17,18). The first-order valence-corrected chi connectivity index (χ1v) is 5.95. The third kappa shape index (κ3) is 1.65. The highest BCUT2D eigenvalue weighted by Crippen LogP contribution is 2.25. The fourth-order valence-corrected chi connectivity index (χ4v) is 2.16.